The van der Waals surface area contributed by atoms with Crippen molar-refractivity contribution in [2.45, 2.75) is 17.0 Å². The summed E-state index contributed by atoms with van der Waals surface area (Å²) in [6.45, 7) is 0.782. The molecule has 2 fully saturated rings. The summed E-state index contributed by atoms with van der Waals surface area (Å²) in [6.07, 6.45) is 1.51. The molecule has 2 saturated heterocycles. The van der Waals surface area contributed by atoms with Crippen LogP contribution in [-0.2, 0) is 14.8 Å². The van der Waals surface area contributed by atoms with Gasteiger partial charge < -0.3 is 10.5 Å². The first kappa shape index (κ1) is 18.2. The average molecular weight is 411 g/mol. The molecule has 0 spiro atoms. The van der Waals surface area contributed by atoms with Crippen LogP contribution in [0.5, 0.6) is 0 Å². The molecule has 0 bridgehead atoms. The van der Waals surface area contributed by atoms with Gasteiger partial charge >= 0.3 is 0 Å². The van der Waals surface area contributed by atoms with Crippen molar-refractivity contribution in [2.24, 2.45) is 0 Å². The van der Waals surface area contributed by atoms with E-state index in [1.807, 2.05) is 0 Å². The lowest BCUT2D eigenvalue weighted by Crippen LogP contribution is -2.71. The SMILES string of the molecule is Nc1ccc(-c2ccc(-c3ccccc3S(=O)(=O)N3CC4OC[C@H]43)cc2F)cn1. The van der Waals surface area contributed by atoms with Crippen LogP contribution in [0.4, 0.5) is 10.2 Å². The summed E-state index contributed by atoms with van der Waals surface area (Å²) in [5, 5.41) is 0. The molecular formula is C21H18FN3O3S. The second-order valence-electron chi connectivity index (χ2n) is 7.18. The van der Waals surface area contributed by atoms with Gasteiger partial charge in [-0.05, 0) is 29.8 Å². The number of aromatic nitrogens is 1. The van der Waals surface area contributed by atoms with E-state index in [4.69, 9.17) is 10.5 Å². The van der Waals surface area contributed by atoms with Crippen molar-refractivity contribution < 1.29 is 17.5 Å². The van der Waals surface area contributed by atoms with Gasteiger partial charge in [0.25, 0.3) is 0 Å². The number of ether oxygens (including phenoxy) is 1. The third kappa shape index (κ3) is 2.91. The standard InChI is InChI=1S/C21H18FN3O3S/c22-17-9-13(5-7-15(17)14-6-8-21(23)24-10-14)16-3-1-2-4-20(16)29(26,27)25-11-19-18(25)12-28-19/h1-10,18-19H,11-12H2,(H2,23,24)/t18-,19?/m1/s1. The maximum Gasteiger partial charge on any atom is 0.244 e. The van der Waals surface area contributed by atoms with Crippen molar-refractivity contribution >= 4 is 15.8 Å². The number of halogens is 1. The largest absolute Gasteiger partial charge is 0.384 e. The Balaban J connectivity index is 1.54. The number of morpholine rings is 1. The van der Waals surface area contributed by atoms with Gasteiger partial charge in [0, 0.05) is 29.4 Å². The summed E-state index contributed by atoms with van der Waals surface area (Å²) in [4.78, 5) is 4.17. The van der Waals surface area contributed by atoms with E-state index in [1.54, 1.807) is 48.5 Å². The second kappa shape index (κ2) is 6.62. The summed E-state index contributed by atoms with van der Waals surface area (Å²) in [5.41, 5.74) is 7.53. The third-order valence-electron chi connectivity index (χ3n) is 5.49. The van der Waals surface area contributed by atoms with Crippen LogP contribution in [0.3, 0.4) is 0 Å². The Hall–Kier alpha value is -2.81. The van der Waals surface area contributed by atoms with E-state index in [1.165, 1.54) is 16.6 Å². The number of fused-ring (bicyclic) bond motifs is 1. The Labute approximate surface area is 167 Å². The zero-order valence-corrected chi connectivity index (χ0v) is 16.1. The van der Waals surface area contributed by atoms with Crippen molar-refractivity contribution in [2.75, 3.05) is 18.9 Å². The molecular weight excluding hydrogens is 393 g/mol. The molecule has 1 unspecified atom stereocenters. The molecule has 0 radical (unpaired) electrons. The van der Waals surface area contributed by atoms with Gasteiger partial charge in [0.2, 0.25) is 10.0 Å². The fourth-order valence-electron chi connectivity index (χ4n) is 3.75. The number of rotatable bonds is 4. The maximum absolute atomic E-state index is 14.9. The van der Waals surface area contributed by atoms with Crippen LogP contribution in [0.1, 0.15) is 0 Å². The predicted molar refractivity (Wildman–Crippen MR) is 107 cm³/mol. The van der Waals surface area contributed by atoms with Crippen LogP contribution < -0.4 is 5.73 Å². The number of nitrogens with two attached hydrogens (primary N) is 1. The van der Waals surface area contributed by atoms with Crippen LogP contribution >= 0.6 is 0 Å². The van der Waals surface area contributed by atoms with Gasteiger partial charge in [-0.25, -0.2) is 17.8 Å². The van der Waals surface area contributed by atoms with Crippen LogP contribution in [-0.4, -0.2) is 43.0 Å². The van der Waals surface area contributed by atoms with E-state index in [0.29, 0.717) is 41.2 Å². The molecule has 5 rings (SSSR count). The molecule has 3 aromatic rings. The number of benzene rings is 2. The predicted octanol–water partition coefficient (Wildman–Crippen LogP) is 2.91. The molecule has 2 aliphatic rings. The van der Waals surface area contributed by atoms with Gasteiger partial charge in [-0.1, -0.05) is 30.3 Å². The molecule has 29 heavy (non-hydrogen) atoms. The Morgan fingerprint density at radius 1 is 1.07 bits per heavy atom. The summed E-state index contributed by atoms with van der Waals surface area (Å²) in [7, 11) is -3.68. The Morgan fingerprint density at radius 3 is 2.48 bits per heavy atom. The number of pyridine rings is 1. The van der Waals surface area contributed by atoms with Crippen molar-refractivity contribution in [1.29, 1.82) is 0 Å². The minimum atomic E-state index is -3.68. The third-order valence-corrected chi connectivity index (χ3v) is 7.44. The van der Waals surface area contributed by atoms with E-state index in [2.05, 4.69) is 4.98 Å². The molecule has 0 aliphatic carbocycles. The molecule has 2 N–H and O–H groups in total. The van der Waals surface area contributed by atoms with E-state index >= 15 is 0 Å². The number of hydrogen-bond acceptors (Lipinski definition) is 5. The minimum Gasteiger partial charge on any atom is -0.384 e. The molecule has 8 heteroatoms. The number of nitrogens with zero attached hydrogens (tertiary/aromatic N) is 2. The van der Waals surface area contributed by atoms with E-state index in [9.17, 15) is 12.8 Å². The highest BCUT2D eigenvalue weighted by Gasteiger charge is 2.53. The van der Waals surface area contributed by atoms with Gasteiger partial charge in [0.15, 0.2) is 0 Å². The number of sulfonamides is 1. The number of nitrogen functional groups attached to an aromatic ring is 1. The fraction of sp³-hybridized carbons (Fsp3) is 0.190. The van der Waals surface area contributed by atoms with E-state index in [0.717, 1.165) is 0 Å². The van der Waals surface area contributed by atoms with Crippen LogP contribution in [0.2, 0.25) is 0 Å². The van der Waals surface area contributed by atoms with Crippen LogP contribution in [0, 0.1) is 5.82 Å². The molecule has 3 heterocycles. The zero-order valence-electron chi connectivity index (χ0n) is 15.3. The summed E-state index contributed by atoms with van der Waals surface area (Å²) in [5.74, 6) is -0.104. The summed E-state index contributed by atoms with van der Waals surface area (Å²) in [6, 6.07) is 14.6. The molecule has 2 aliphatic heterocycles. The van der Waals surface area contributed by atoms with Crippen LogP contribution in [0.15, 0.2) is 65.7 Å². The molecule has 2 aromatic carbocycles. The molecule has 148 valence electrons. The van der Waals surface area contributed by atoms with Crippen molar-refractivity contribution in [3.8, 4) is 22.3 Å². The first-order valence-corrected chi connectivity index (χ1v) is 10.6. The number of hydrogen-bond donors (Lipinski definition) is 1. The monoisotopic (exact) mass is 411 g/mol. The lowest BCUT2D eigenvalue weighted by molar-refractivity contribution is -0.181. The van der Waals surface area contributed by atoms with Gasteiger partial charge in [0.1, 0.15) is 11.6 Å². The van der Waals surface area contributed by atoms with Crippen molar-refractivity contribution in [1.82, 2.24) is 9.29 Å². The lowest BCUT2D eigenvalue weighted by atomic mass is 9.99. The molecule has 6 nitrogen and oxygen atoms in total. The average Bonchev–Trinajstić information content (AvgIpc) is 2.70. The Bertz CT molecular complexity index is 1200. The second-order valence-corrected chi connectivity index (χ2v) is 9.04. The Morgan fingerprint density at radius 2 is 1.86 bits per heavy atom. The smallest absolute Gasteiger partial charge is 0.244 e. The van der Waals surface area contributed by atoms with Gasteiger partial charge in [-0.3, -0.25) is 0 Å². The molecule has 0 amide bonds. The molecule has 2 atom stereocenters. The highest BCUT2D eigenvalue weighted by atomic mass is 32.2. The van der Waals surface area contributed by atoms with Gasteiger partial charge in [-0.15, -0.1) is 0 Å². The lowest BCUT2D eigenvalue weighted by Gasteiger charge is -2.53. The van der Waals surface area contributed by atoms with Crippen molar-refractivity contribution in [3.05, 3.63) is 66.6 Å². The minimum absolute atomic E-state index is 0.00202. The van der Waals surface area contributed by atoms with Gasteiger partial charge in [-0.2, -0.15) is 4.31 Å². The quantitative estimate of drug-likeness (QED) is 0.714. The highest BCUT2D eigenvalue weighted by Crippen LogP contribution is 2.38. The van der Waals surface area contributed by atoms with E-state index < -0.39 is 15.8 Å². The highest BCUT2D eigenvalue weighted by molar-refractivity contribution is 7.89. The Kier molecular flexibility index (Phi) is 4.16. The van der Waals surface area contributed by atoms with Crippen molar-refractivity contribution in [3.63, 3.8) is 0 Å². The topological polar surface area (TPSA) is 85.5 Å². The molecule has 0 saturated carbocycles. The van der Waals surface area contributed by atoms with E-state index in [-0.39, 0.29) is 17.0 Å². The summed E-state index contributed by atoms with van der Waals surface area (Å²) < 4.78 is 48.0. The zero-order chi connectivity index (χ0) is 20.2. The maximum atomic E-state index is 14.9. The number of anilines is 1. The normalized spacial score (nSPS) is 21.1. The molecule has 1 aromatic heterocycles. The van der Waals surface area contributed by atoms with Gasteiger partial charge in [0.05, 0.1) is 23.6 Å². The first-order chi connectivity index (χ1) is 13.9. The fourth-order valence-corrected chi connectivity index (χ4v) is 5.61. The first-order valence-electron chi connectivity index (χ1n) is 9.19. The summed E-state index contributed by atoms with van der Waals surface area (Å²) >= 11 is 0. The van der Waals surface area contributed by atoms with Crippen LogP contribution in [0.25, 0.3) is 22.3 Å².